The molecule has 184 valence electrons. The fraction of sp³-hybridized carbons (Fsp3) is 0.435. The second kappa shape index (κ2) is 7.66. The van der Waals surface area contributed by atoms with Crippen LogP contribution < -0.4 is 25.8 Å². The number of fused-ring (bicyclic) bond motifs is 3. The number of aryl methyl sites for hydroxylation is 1. The van der Waals surface area contributed by atoms with Crippen molar-refractivity contribution in [1.82, 2.24) is 19.4 Å². The van der Waals surface area contributed by atoms with Gasteiger partial charge in [-0.3, -0.25) is 4.79 Å². The van der Waals surface area contributed by atoms with Crippen LogP contribution >= 0.6 is 11.6 Å². The van der Waals surface area contributed by atoms with E-state index in [4.69, 9.17) is 16.3 Å². The van der Waals surface area contributed by atoms with Crippen molar-refractivity contribution in [1.29, 1.82) is 0 Å². The predicted molar refractivity (Wildman–Crippen MR) is 131 cm³/mol. The van der Waals surface area contributed by atoms with Crippen molar-refractivity contribution in [2.24, 2.45) is 12.5 Å². The van der Waals surface area contributed by atoms with E-state index in [1.54, 1.807) is 31.4 Å². The van der Waals surface area contributed by atoms with E-state index in [1.807, 2.05) is 0 Å². The van der Waals surface area contributed by atoms with E-state index in [1.165, 1.54) is 4.57 Å². The largest absolute Gasteiger partial charge is 0.480 e. The first kappa shape index (κ1) is 22.3. The van der Waals surface area contributed by atoms with Gasteiger partial charge in [-0.2, -0.15) is 4.98 Å². The van der Waals surface area contributed by atoms with E-state index in [0.29, 0.717) is 38.8 Å². The normalized spacial score (nSPS) is 20.3. The molecular weight excluding hydrogens is 480 g/mol. The van der Waals surface area contributed by atoms with Gasteiger partial charge < -0.3 is 29.7 Å². The summed E-state index contributed by atoms with van der Waals surface area (Å²) in [6, 6.07) is 5.28. The fourth-order valence-electron chi connectivity index (χ4n) is 5.29. The molecule has 2 saturated heterocycles. The number of anilines is 4. The number of aromatic nitrogens is 3. The van der Waals surface area contributed by atoms with E-state index >= 15 is 0 Å². The van der Waals surface area contributed by atoms with E-state index in [0.717, 1.165) is 26.2 Å². The molecule has 0 unspecified atom stereocenters. The van der Waals surface area contributed by atoms with Gasteiger partial charge in [0.2, 0.25) is 11.7 Å². The summed E-state index contributed by atoms with van der Waals surface area (Å²) in [7, 11) is 3.69. The van der Waals surface area contributed by atoms with Crippen molar-refractivity contribution in [2.75, 3.05) is 61.9 Å². The molecule has 2 fully saturated rings. The summed E-state index contributed by atoms with van der Waals surface area (Å²) in [6.45, 7) is 2.48. The van der Waals surface area contributed by atoms with Gasteiger partial charge in [-0.25, -0.2) is 13.8 Å². The Bertz CT molecular complexity index is 1400. The van der Waals surface area contributed by atoms with Crippen LogP contribution in [0.2, 0.25) is 5.02 Å². The molecule has 12 heteroatoms. The van der Waals surface area contributed by atoms with Gasteiger partial charge in [0.1, 0.15) is 5.02 Å². The highest BCUT2D eigenvalue weighted by molar-refractivity contribution is 6.33. The monoisotopic (exact) mass is 503 g/mol. The SMILES string of the molecule is CN1CC2(C1)CN(c1ncc(Cl)c(Nc3ccc4c(c3)c3c(c(=O)n4C)OCC(F)(F)CN3)n1)C2. The van der Waals surface area contributed by atoms with Crippen molar-refractivity contribution in [3.8, 4) is 5.75 Å². The Hall–Kier alpha value is -3.18. The minimum absolute atomic E-state index is 0.120. The third kappa shape index (κ3) is 3.73. The molecule has 3 aromatic rings. The molecule has 1 spiro atoms. The molecule has 0 radical (unpaired) electrons. The Morgan fingerprint density at radius 2 is 1.97 bits per heavy atom. The zero-order valence-corrected chi connectivity index (χ0v) is 20.0. The maximum Gasteiger partial charge on any atom is 0.298 e. The van der Waals surface area contributed by atoms with Crippen molar-refractivity contribution < 1.29 is 13.5 Å². The molecule has 0 amide bonds. The molecule has 2 aromatic heterocycles. The number of ether oxygens (including phenoxy) is 1. The van der Waals surface area contributed by atoms with E-state index in [2.05, 4.69) is 37.4 Å². The van der Waals surface area contributed by atoms with Crippen LogP contribution in [0.1, 0.15) is 0 Å². The van der Waals surface area contributed by atoms with Gasteiger partial charge in [0, 0.05) is 49.7 Å². The zero-order valence-electron chi connectivity index (χ0n) is 19.2. The zero-order chi connectivity index (χ0) is 24.5. The third-order valence-corrected chi connectivity index (χ3v) is 7.12. The van der Waals surface area contributed by atoms with Gasteiger partial charge >= 0.3 is 0 Å². The maximum absolute atomic E-state index is 14.0. The Kier molecular flexibility index (Phi) is 4.88. The number of nitrogens with zero attached hydrogens (tertiary/aromatic N) is 5. The van der Waals surface area contributed by atoms with Crippen molar-refractivity contribution in [3.05, 3.63) is 39.8 Å². The van der Waals surface area contributed by atoms with Gasteiger partial charge in [-0.1, -0.05) is 11.6 Å². The lowest BCUT2D eigenvalue weighted by molar-refractivity contribution is -0.0251. The van der Waals surface area contributed by atoms with Crippen LogP contribution in [-0.2, 0) is 7.05 Å². The van der Waals surface area contributed by atoms with E-state index in [-0.39, 0.29) is 11.4 Å². The van der Waals surface area contributed by atoms with Crippen molar-refractivity contribution >= 4 is 45.6 Å². The van der Waals surface area contributed by atoms with Crippen LogP contribution in [0, 0.1) is 5.41 Å². The summed E-state index contributed by atoms with van der Waals surface area (Å²) in [6.07, 6.45) is 1.57. The first-order valence-electron chi connectivity index (χ1n) is 11.3. The number of likely N-dealkylation sites (tertiary alicyclic amines) is 1. The number of nitrogens with one attached hydrogen (secondary N) is 2. The summed E-state index contributed by atoms with van der Waals surface area (Å²) in [5.74, 6) is -2.17. The molecule has 6 rings (SSSR count). The van der Waals surface area contributed by atoms with Crippen LogP contribution in [0.4, 0.5) is 31.9 Å². The van der Waals surface area contributed by atoms with Crippen LogP contribution in [0.3, 0.4) is 0 Å². The molecule has 0 atom stereocenters. The van der Waals surface area contributed by atoms with Gasteiger partial charge in [-0.05, 0) is 25.2 Å². The van der Waals surface area contributed by atoms with E-state index < -0.39 is 24.6 Å². The molecule has 35 heavy (non-hydrogen) atoms. The molecule has 5 heterocycles. The molecule has 3 aliphatic heterocycles. The third-order valence-electron chi connectivity index (χ3n) is 6.84. The molecule has 0 bridgehead atoms. The number of halogens is 3. The molecular formula is C23H24ClF2N7O2. The standard InChI is InChI=1S/C23H24ClF2N7O2/c1-31-8-22(9-31)10-33(11-22)21-27-6-15(24)19(30-21)29-13-3-4-16-14(5-13)17-18(20(34)32(16)2)35-12-23(25,26)7-28-17/h3-6,28H,7-12H2,1-2H3,(H,27,29,30). The van der Waals surface area contributed by atoms with Crippen LogP contribution in [0.15, 0.2) is 29.2 Å². The number of benzene rings is 1. The lowest BCUT2D eigenvalue weighted by Crippen LogP contribution is -2.71. The van der Waals surface area contributed by atoms with Gasteiger partial charge in [0.05, 0.1) is 23.9 Å². The quantitative estimate of drug-likeness (QED) is 0.564. The first-order valence-corrected chi connectivity index (χ1v) is 11.7. The van der Waals surface area contributed by atoms with Crippen molar-refractivity contribution in [2.45, 2.75) is 5.92 Å². The number of hydrogen-bond acceptors (Lipinski definition) is 8. The highest BCUT2D eigenvalue weighted by Gasteiger charge is 2.51. The molecule has 9 nitrogen and oxygen atoms in total. The summed E-state index contributed by atoms with van der Waals surface area (Å²) in [4.78, 5) is 26.2. The van der Waals surface area contributed by atoms with Gasteiger partial charge in [0.25, 0.3) is 11.5 Å². The molecule has 3 aliphatic rings. The summed E-state index contributed by atoms with van der Waals surface area (Å²) in [5, 5.41) is 6.84. The number of rotatable bonds is 3. The van der Waals surface area contributed by atoms with Crippen LogP contribution in [0.25, 0.3) is 10.9 Å². The van der Waals surface area contributed by atoms with Crippen molar-refractivity contribution in [3.63, 3.8) is 0 Å². The Balaban J connectivity index is 1.32. The highest BCUT2D eigenvalue weighted by Crippen LogP contribution is 2.41. The average Bonchev–Trinajstić information content (AvgIpc) is 2.93. The number of alkyl halides is 2. The fourth-order valence-corrected chi connectivity index (χ4v) is 5.43. The second-order valence-electron chi connectivity index (χ2n) is 9.82. The average molecular weight is 504 g/mol. The summed E-state index contributed by atoms with van der Waals surface area (Å²) >= 11 is 6.38. The second-order valence-corrected chi connectivity index (χ2v) is 10.2. The lowest BCUT2D eigenvalue weighted by Gasteiger charge is -2.59. The van der Waals surface area contributed by atoms with Gasteiger partial charge in [-0.15, -0.1) is 0 Å². The Morgan fingerprint density at radius 3 is 2.71 bits per heavy atom. The lowest BCUT2D eigenvalue weighted by atomic mass is 9.73. The first-order chi connectivity index (χ1) is 16.6. The number of pyridine rings is 1. The van der Waals surface area contributed by atoms with Crippen LogP contribution in [0.5, 0.6) is 5.75 Å². The Labute approximate surface area is 204 Å². The summed E-state index contributed by atoms with van der Waals surface area (Å²) < 4.78 is 34.5. The highest BCUT2D eigenvalue weighted by atomic mass is 35.5. The van der Waals surface area contributed by atoms with E-state index in [9.17, 15) is 13.6 Å². The minimum atomic E-state index is -3.10. The molecule has 0 aliphatic carbocycles. The minimum Gasteiger partial charge on any atom is -0.480 e. The molecule has 0 saturated carbocycles. The molecule has 2 N–H and O–H groups in total. The number of hydrogen-bond donors (Lipinski definition) is 2. The summed E-state index contributed by atoms with van der Waals surface area (Å²) in [5.41, 5.74) is 1.31. The Morgan fingerprint density at radius 1 is 1.20 bits per heavy atom. The predicted octanol–water partition coefficient (Wildman–Crippen LogP) is 2.92. The smallest absolute Gasteiger partial charge is 0.298 e. The molecule has 1 aromatic carbocycles. The van der Waals surface area contributed by atoms with Crippen LogP contribution in [-0.4, -0.2) is 71.7 Å². The maximum atomic E-state index is 14.0. The topological polar surface area (TPSA) is 87.5 Å². The van der Waals surface area contributed by atoms with Gasteiger partial charge in [0.15, 0.2) is 12.4 Å².